The van der Waals surface area contributed by atoms with Crippen molar-refractivity contribution in [2.75, 3.05) is 0 Å². The zero-order valence-electron chi connectivity index (χ0n) is 38.0. The minimum atomic E-state index is -1.86. The van der Waals surface area contributed by atoms with Gasteiger partial charge in [0.2, 0.25) is 5.71 Å². The second-order valence-corrected chi connectivity index (χ2v) is 29.4. The van der Waals surface area contributed by atoms with Gasteiger partial charge in [0.15, 0.2) is 0 Å². The van der Waals surface area contributed by atoms with Gasteiger partial charge in [-0.25, -0.2) is 9.37 Å². The van der Waals surface area contributed by atoms with E-state index in [4.69, 9.17) is 19.4 Å². The molecular formula is C56H53FGeIrN4O-2. The summed E-state index contributed by atoms with van der Waals surface area (Å²) in [6.07, 6.45) is 3.27. The molecule has 10 aromatic rings. The quantitative estimate of drug-likeness (QED) is 0.112. The Hall–Kier alpha value is -5.47. The first-order chi connectivity index (χ1) is 30.2. The van der Waals surface area contributed by atoms with Crippen LogP contribution in [0.4, 0.5) is 4.39 Å². The topological polar surface area (TPSA) is 56.7 Å². The van der Waals surface area contributed by atoms with Crippen LogP contribution in [-0.4, -0.2) is 32.8 Å². The number of imidazole rings is 1. The average molecular weight is 1080 g/mol. The minimum Gasteiger partial charge on any atom is -0.486 e. The molecule has 0 N–H and O–H groups in total. The summed E-state index contributed by atoms with van der Waals surface area (Å²) in [5.41, 5.74) is 11.9. The van der Waals surface area contributed by atoms with E-state index >= 15 is 0 Å². The van der Waals surface area contributed by atoms with Crippen LogP contribution < -0.4 is 4.40 Å². The SMILES string of the molecule is CC(C)Cc1cc(-c2[c-]cccc2)nc[c]1[Ge]([CH3])([CH3])[CH3].CC(C)c1cccc(C(C)C)c1-n1c(-c2[c-]ccc3c2oc2nc4ccc(F)cc4cc23)nc2cc3ccccc3cc21.[Ir]. The number of hydrogen-bond acceptors (Lipinski definition) is 4. The Kier molecular flexibility index (Phi) is 12.8. The summed E-state index contributed by atoms with van der Waals surface area (Å²) in [6.45, 7) is 13.5. The monoisotopic (exact) mass is 1080 g/mol. The van der Waals surface area contributed by atoms with E-state index in [9.17, 15) is 4.39 Å². The smallest absolute Gasteiger partial charge is 0.216 e. The van der Waals surface area contributed by atoms with Crippen LogP contribution in [0.1, 0.15) is 70.1 Å². The molecule has 0 aliphatic rings. The standard InChI is InChI=1S/C38H29FN3O.C18H24GeN.Ir/c1-21(2)27-11-7-12-28(22(3)4)35(27)42-34-20-24-10-6-5-9-23(24)19-33(34)40-37(42)30-14-8-13-29-31-18-25-17-26(39)15-16-32(25)41-38(31)43-36(29)30;1-14(2)11-16-12-18(15-9-7-6-8-10-15)20-13-17(16)19(3,4)5;/h5-13,15-22H,1-4H3;6-9,12-14H,11H2,1-5H3;/q2*-1;. The summed E-state index contributed by atoms with van der Waals surface area (Å²) in [7, 11) is 0. The predicted octanol–water partition coefficient (Wildman–Crippen LogP) is 14.8. The van der Waals surface area contributed by atoms with Crippen molar-refractivity contribution >= 4 is 72.4 Å². The summed E-state index contributed by atoms with van der Waals surface area (Å²) in [5.74, 6) is 9.06. The molecule has 0 fully saturated rings. The maximum absolute atomic E-state index is 14.1. The average Bonchev–Trinajstić information content (AvgIpc) is 3.81. The molecule has 8 heteroatoms. The molecule has 0 unspecified atom stereocenters. The molecular weight excluding hydrogens is 1030 g/mol. The molecule has 4 aromatic heterocycles. The zero-order chi connectivity index (χ0) is 44.2. The molecule has 0 spiro atoms. The van der Waals surface area contributed by atoms with Gasteiger partial charge in [0.1, 0.15) is 5.82 Å². The molecule has 325 valence electrons. The molecule has 64 heavy (non-hydrogen) atoms. The maximum Gasteiger partial charge on any atom is 0.216 e. The second-order valence-electron chi connectivity index (χ2n) is 18.8. The zero-order valence-corrected chi connectivity index (χ0v) is 42.5. The Bertz CT molecular complexity index is 3280. The number of furan rings is 1. The molecule has 0 atom stereocenters. The molecule has 0 amide bonds. The molecule has 0 aliphatic carbocycles. The van der Waals surface area contributed by atoms with Crippen LogP contribution in [0.3, 0.4) is 0 Å². The van der Waals surface area contributed by atoms with Gasteiger partial charge in [0, 0.05) is 36.6 Å². The van der Waals surface area contributed by atoms with Crippen LogP contribution in [0, 0.1) is 23.9 Å². The number of halogens is 1. The van der Waals surface area contributed by atoms with Crippen LogP contribution in [0.15, 0.2) is 132 Å². The fourth-order valence-electron chi connectivity index (χ4n) is 8.87. The predicted molar refractivity (Wildman–Crippen MR) is 264 cm³/mol. The summed E-state index contributed by atoms with van der Waals surface area (Å²) in [6, 6.07) is 47.0. The number of benzene rings is 6. The molecule has 0 bridgehead atoms. The van der Waals surface area contributed by atoms with E-state index in [2.05, 4.69) is 148 Å². The molecule has 0 aliphatic heterocycles. The number of para-hydroxylation sites is 1. The van der Waals surface area contributed by atoms with Crippen LogP contribution in [0.2, 0.25) is 17.3 Å². The summed E-state index contributed by atoms with van der Waals surface area (Å²) in [5, 5.41) is 4.76. The molecule has 5 nitrogen and oxygen atoms in total. The van der Waals surface area contributed by atoms with Crippen molar-refractivity contribution in [3.63, 3.8) is 0 Å². The van der Waals surface area contributed by atoms with Gasteiger partial charge in [-0.05, 0) is 70.1 Å². The van der Waals surface area contributed by atoms with Crippen LogP contribution in [0.5, 0.6) is 0 Å². The molecule has 0 saturated carbocycles. The van der Waals surface area contributed by atoms with E-state index in [1.807, 2.05) is 36.4 Å². The first kappa shape index (κ1) is 45.1. The van der Waals surface area contributed by atoms with Gasteiger partial charge < -0.3 is 8.98 Å². The number of pyridine rings is 2. The van der Waals surface area contributed by atoms with Crippen LogP contribution >= 0.6 is 0 Å². The first-order valence-corrected chi connectivity index (χ1v) is 29.4. The van der Waals surface area contributed by atoms with Crippen molar-refractivity contribution in [1.29, 1.82) is 0 Å². The minimum absolute atomic E-state index is 0. The van der Waals surface area contributed by atoms with E-state index in [0.717, 1.165) is 72.7 Å². The van der Waals surface area contributed by atoms with Crippen molar-refractivity contribution in [2.45, 2.75) is 77.1 Å². The molecule has 4 heterocycles. The van der Waals surface area contributed by atoms with Crippen molar-refractivity contribution in [1.82, 2.24) is 19.5 Å². The molecule has 10 rings (SSSR count). The van der Waals surface area contributed by atoms with E-state index in [0.29, 0.717) is 34.6 Å². The number of aromatic nitrogens is 4. The fraction of sp³-hybridized carbons (Fsp3) is 0.232. The number of fused-ring (bicyclic) bond motifs is 6. The maximum atomic E-state index is 14.1. The van der Waals surface area contributed by atoms with Crippen molar-refractivity contribution in [2.24, 2.45) is 5.92 Å². The largest absolute Gasteiger partial charge is 0.486 e. The molecule has 0 saturated heterocycles. The van der Waals surface area contributed by atoms with E-state index in [1.165, 1.54) is 28.8 Å². The number of hydrogen-bond donors (Lipinski definition) is 0. The third kappa shape index (κ3) is 8.70. The number of nitrogens with zero attached hydrogens (tertiary/aromatic N) is 4. The first-order valence-electron chi connectivity index (χ1n) is 22.1. The second kappa shape index (κ2) is 18.2. The number of rotatable bonds is 8. The van der Waals surface area contributed by atoms with Gasteiger partial charge >= 0.3 is 126 Å². The van der Waals surface area contributed by atoms with Crippen molar-refractivity contribution in [3.8, 4) is 28.3 Å². The van der Waals surface area contributed by atoms with Gasteiger partial charge in [-0.3, -0.25) is 4.98 Å². The van der Waals surface area contributed by atoms with Gasteiger partial charge in [0.05, 0.1) is 28.0 Å². The Balaban J connectivity index is 0.000000225. The van der Waals surface area contributed by atoms with Crippen LogP contribution in [-0.2, 0) is 26.5 Å². The summed E-state index contributed by atoms with van der Waals surface area (Å²) in [4.78, 5) is 14.7. The Morgan fingerprint density at radius 1 is 0.688 bits per heavy atom. The normalized spacial score (nSPS) is 12.0. The summed E-state index contributed by atoms with van der Waals surface area (Å²) >= 11 is -1.86. The van der Waals surface area contributed by atoms with E-state index in [1.54, 1.807) is 10.5 Å². The van der Waals surface area contributed by atoms with Gasteiger partial charge in [0.25, 0.3) is 0 Å². The van der Waals surface area contributed by atoms with Gasteiger partial charge in [-0.2, -0.15) is 0 Å². The van der Waals surface area contributed by atoms with E-state index < -0.39 is 13.3 Å². The molecule has 1 radical (unpaired) electrons. The third-order valence-electron chi connectivity index (χ3n) is 11.9. The molecule has 6 aromatic carbocycles. The Labute approximate surface area is 391 Å². The van der Waals surface area contributed by atoms with E-state index in [-0.39, 0.29) is 25.9 Å². The fourth-order valence-corrected chi connectivity index (χ4v) is 12.2. The van der Waals surface area contributed by atoms with Gasteiger partial charge in [-0.1, -0.05) is 81.1 Å². The Morgan fingerprint density at radius 2 is 1.41 bits per heavy atom. The van der Waals surface area contributed by atoms with Crippen molar-refractivity contribution < 1.29 is 28.9 Å². The third-order valence-corrected chi connectivity index (χ3v) is 16.2. The summed E-state index contributed by atoms with van der Waals surface area (Å²) < 4.78 is 24.4. The van der Waals surface area contributed by atoms with Gasteiger partial charge in [-0.15, -0.1) is 18.2 Å². The Morgan fingerprint density at radius 3 is 2.08 bits per heavy atom. The van der Waals surface area contributed by atoms with Crippen molar-refractivity contribution in [3.05, 3.63) is 162 Å². The van der Waals surface area contributed by atoms with Crippen LogP contribution in [0.25, 0.3) is 83.1 Å².